The largest absolute Gasteiger partial charge is 0.411 e. The summed E-state index contributed by atoms with van der Waals surface area (Å²) in [5.74, 6) is -0.459. The van der Waals surface area contributed by atoms with Crippen molar-refractivity contribution in [2.24, 2.45) is 0 Å². The zero-order valence-corrected chi connectivity index (χ0v) is 21.4. The molecule has 3 rings (SSSR count). The Labute approximate surface area is 183 Å². The van der Waals surface area contributed by atoms with Crippen LogP contribution in [-0.4, -0.2) is 62.6 Å². The van der Waals surface area contributed by atoms with Crippen LogP contribution in [0.5, 0.6) is 0 Å². The van der Waals surface area contributed by atoms with E-state index in [-0.39, 0.29) is 41.3 Å². The third-order valence-electron chi connectivity index (χ3n) is 7.34. The number of fused-ring (bicyclic) bond motifs is 2. The Balaban J connectivity index is 1.83. The monoisotopic (exact) mass is 442 g/mol. The van der Waals surface area contributed by atoms with Crippen LogP contribution in [0.3, 0.4) is 0 Å². The van der Waals surface area contributed by atoms with E-state index in [2.05, 4.69) is 33.9 Å². The second kappa shape index (κ2) is 8.23. The van der Waals surface area contributed by atoms with Crippen LogP contribution < -0.4 is 0 Å². The average Bonchev–Trinajstić information content (AvgIpc) is 2.71. The van der Waals surface area contributed by atoms with E-state index in [1.165, 1.54) is 0 Å². The molecule has 0 bridgehead atoms. The second-order valence-corrected chi connectivity index (χ2v) is 16.4. The second-order valence-electron chi connectivity index (χ2n) is 11.6. The van der Waals surface area contributed by atoms with Crippen molar-refractivity contribution in [1.82, 2.24) is 0 Å². The van der Waals surface area contributed by atoms with Gasteiger partial charge < -0.3 is 23.4 Å². The van der Waals surface area contributed by atoms with Crippen molar-refractivity contribution < 1.29 is 28.2 Å². The molecular formula is C23H42O6Si. The number of ketones is 1. The Morgan fingerprint density at radius 3 is 2.20 bits per heavy atom. The fourth-order valence-electron chi connectivity index (χ4n) is 4.64. The van der Waals surface area contributed by atoms with Crippen molar-refractivity contribution >= 4 is 14.1 Å². The molecule has 3 fully saturated rings. The predicted octanol–water partition coefficient (Wildman–Crippen LogP) is 4.60. The number of Topliss-reactive ketones (excluding diaryl/α,β-unsaturated/α-hetero) is 1. The summed E-state index contributed by atoms with van der Waals surface area (Å²) < 4.78 is 32.0. The highest BCUT2D eigenvalue weighted by molar-refractivity contribution is 6.74. The highest BCUT2D eigenvalue weighted by Crippen LogP contribution is 2.45. The molecule has 3 saturated heterocycles. The van der Waals surface area contributed by atoms with Gasteiger partial charge in [0.1, 0.15) is 11.9 Å². The minimum Gasteiger partial charge on any atom is -0.411 e. The van der Waals surface area contributed by atoms with Crippen LogP contribution in [0.15, 0.2) is 0 Å². The Morgan fingerprint density at radius 2 is 1.63 bits per heavy atom. The Hall–Kier alpha value is -0.313. The number of hydrogen-bond donors (Lipinski definition) is 0. The fraction of sp³-hybridized carbons (Fsp3) is 0.957. The van der Waals surface area contributed by atoms with Gasteiger partial charge >= 0.3 is 0 Å². The summed E-state index contributed by atoms with van der Waals surface area (Å²) >= 11 is 0. The molecule has 6 nitrogen and oxygen atoms in total. The van der Waals surface area contributed by atoms with Gasteiger partial charge in [-0.2, -0.15) is 0 Å². The summed E-state index contributed by atoms with van der Waals surface area (Å²) in [7, 11) is -2.05. The number of rotatable bonds is 4. The number of ether oxygens (including phenoxy) is 4. The molecule has 30 heavy (non-hydrogen) atoms. The summed E-state index contributed by atoms with van der Waals surface area (Å²) in [5.41, 5.74) is -0.641. The maximum Gasteiger partial charge on any atom is 0.192 e. The number of carbonyl (C=O) groups is 1. The van der Waals surface area contributed by atoms with E-state index in [4.69, 9.17) is 23.4 Å². The Kier molecular flexibility index (Phi) is 6.68. The molecule has 0 saturated carbocycles. The minimum absolute atomic E-state index is 0.00164. The van der Waals surface area contributed by atoms with Crippen LogP contribution in [0.2, 0.25) is 18.1 Å². The lowest BCUT2D eigenvalue weighted by atomic mass is 9.84. The smallest absolute Gasteiger partial charge is 0.192 e. The van der Waals surface area contributed by atoms with Gasteiger partial charge in [0.15, 0.2) is 14.1 Å². The first-order chi connectivity index (χ1) is 13.6. The Bertz CT molecular complexity index is 642. The molecule has 3 aliphatic rings. The molecule has 0 N–H and O–H groups in total. The molecule has 0 amide bonds. The molecule has 0 aliphatic carbocycles. The van der Waals surface area contributed by atoms with Crippen molar-refractivity contribution in [2.45, 2.75) is 134 Å². The molecule has 0 radical (unpaired) electrons. The SMILES string of the molecule is CC(=O)C[C@]1(C)O[C@@H]2CC[C@@H]3OC(C)(C)OC[C@H]3O[C@H]2C[C@H]1O[Si](C)(C)C(C)(C)C. The highest BCUT2D eigenvalue weighted by atomic mass is 28.4. The van der Waals surface area contributed by atoms with Crippen LogP contribution in [0.25, 0.3) is 0 Å². The van der Waals surface area contributed by atoms with Crippen LogP contribution in [0.1, 0.15) is 74.1 Å². The zero-order chi connectivity index (χ0) is 22.5. The van der Waals surface area contributed by atoms with Gasteiger partial charge in [0.05, 0.1) is 36.6 Å². The molecule has 3 heterocycles. The van der Waals surface area contributed by atoms with Crippen molar-refractivity contribution in [3.63, 3.8) is 0 Å². The van der Waals surface area contributed by atoms with Crippen LogP contribution in [-0.2, 0) is 28.2 Å². The van der Waals surface area contributed by atoms with Gasteiger partial charge in [-0.15, -0.1) is 0 Å². The van der Waals surface area contributed by atoms with Gasteiger partial charge in [0, 0.05) is 12.8 Å². The summed E-state index contributed by atoms with van der Waals surface area (Å²) in [5, 5.41) is 0.0764. The average molecular weight is 443 g/mol. The third-order valence-corrected chi connectivity index (χ3v) is 11.8. The van der Waals surface area contributed by atoms with E-state index in [9.17, 15) is 4.79 Å². The first-order valence-corrected chi connectivity index (χ1v) is 14.3. The van der Waals surface area contributed by atoms with E-state index < -0.39 is 19.7 Å². The van der Waals surface area contributed by atoms with E-state index in [1.807, 2.05) is 20.8 Å². The van der Waals surface area contributed by atoms with Gasteiger partial charge in [-0.05, 0) is 58.7 Å². The van der Waals surface area contributed by atoms with E-state index in [1.54, 1.807) is 6.92 Å². The quantitative estimate of drug-likeness (QED) is 0.593. The van der Waals surface area contributed by atoms with Crippen LogP contribution >= 0.6 is 0 Å². The van der Waals surface area contributed by atoms with Crippen molar-refractivity contribution in [3.05, 3.63) is 0 Å². The molecule has 7 heteroatoms. The van der Waals surface area contributed by atoms with Gasteiger partial charge in [0.25, 0.3) is 0 Å². The topological polar surface area (TPSA) is 63.2 Å². The van der Waals surface area contributed by atoms with Gasteiger partial charge in [-0.1, -0.05) is 20.8 Å². The fourth-order valence-corrected chi connectivity index (χ4v) is 6.05. The third kappa shape index (κ3) is 5.18. The summed E-state index contributed by atoms with van der Waals surface area (Å²) in [6.45, 7) is 19.3. The van der Waals surface area contributed by atoms with Crippen molar-refractivity contribution in [1.29, 1.82) is 0 Å². The molecule has 174 valence electrons. The van der Waals surface area contributed by atoms with Crippen molar-refractivity contribution in [2.75, 3.05) is 6.61 Å². The van der Waals surface area contributed by atoms with Gasteiger partial charge in [-0.3, -0.25) is 4.79 Å². The first kappa shape index (κ1) is 24.3. The van der Waals surface area contributed by atoms with E-state index in [0.717, 1.165) is 19.3 Å². The maximum atomic E-state index is 12.1. The Morgan fingerprint density at radius 1 is 1.03 bits per heavy atom. The maximum absolute atomic E-state index is 12.1. The van der Waals surface area contributed by atoms with E-state index in [0.29, 0.717) is 13.0 Å². The minimum atomic E-state index is -2.05. The number of hydrogen-bond acceptors (Lipinski definition) is 6. The lowest BCUT2D eigenvalue weighted by molar-refractivity contribution is -0.317. The molecule has 0 aromatic heterocycles. The first-order valence-electron chi connectivity index (χ1n) is 11.4. The summed E-state index contributed by atoms with van der Waals surface area (Å²) in [6, 6.07) is 0. The van der Waals surface area contributed by atoms with Crippen LogP contribution in [0, 0.1) is 0 Å². The standard InChI is InChI=1S/C23H42O6Si/c1-15(24)13-23(7)20(29-30(8,9)21(2,3)4)12-18-16(28-23)10-11-17-19(26-18)14-25-22(5,6)27-17/h16-20H,10-14H2,1-9H3/t16-,17+,18+,19-,20-,23+/m1/s1. The molecular weight excluding hydrogens is 400 g/mol. The molecule has 0 spiro atoms. The lowest BCUT2D eigenvalue weighted by Crippen LogP contribution is -2.60. The summed E-state index contributed by atoms with van der Waals surface area (Å²) in [6.07, 6.45) is 2.38. The molecule has 0 unspecified atom stereocenters. The summed E-state index contributed by atoms with van der Waals surface area (Å²) in [4.78, 5) is 12.1. The predicted molar refractivity (Wildman–Crippen MR) is 118 cm³/mol. The molecule has 0 aromatic rings. The van der Waals surface area contributed by atoms with E-state index >= 15 is 0 Å². The van der Waals surface area contributed by atoms with Gasteiger partial charge in [0.2, 0.25) is 0 Å². The lowest BCUT2D eigenvalue weighted by Gasteiger charge is -2.51. The van der Waals surface area contributed by atoms with Crippen molar-refractivity contribution in [3.8, 4) is 0 Å². The van der Waals surface area contributed by atoms with Gasteiger partial charge in [-0.25, -0.2) is 0 Å². The highest BCUT2D eigenvalue weighted by Gasteiger charge is 2.53. The number of carbonyl (C=O) groups excluding carboxylic acids is 1. The molecule has 3 aliphatic heterocycles. The zero-order valence-electron chi connectivity index (χ0n) is 20.4. The molecule has 0 aromatic carbocycles. The van der Waals surface area contributed by atoms with Crippen LogP contribution in [0.4, 0.5) is 0 Å². The normalized spacial score (nSPS) is 39.6. The molecule has 6 atom stereocenters.